The molecule has 0 atom stereocenters. The lowest BCUT2D eigenvalue weighted by atomic mass is 9.85. The summed E-state index contributed by atoms with van der Waals surface area (Å²) in [6.07, 6.45) is 3.57. The maximum Gasteiger partial charge on any atom is 0.0992 e. The Balaban J connectivity index is 1.50. The number of fused-ring (bicyclic) bond motifs is 3. The Labute approximate surface area is 220 Å². The van der Waals surface area contributed by atoms with Gasteiger partial charge in [0.25, 0.3) is 0 Å². The van der Waals surface area contributed by atoms with Gasteiger partial charge in [-0.05, 0) is 67.2 Å². The van der Waals surface area contributed by atoms with Crippen molar-refractivity contribution in [2.75, 3.05) is 0 Å². The summed E-state index contributed by atoms with van der Waals surface area (Å²) >= 11 is 0. The molecule has 0 spiro atoms. The number of benzene rings is 5. The van der Waals surface area contributed by atoms with E-state index in [4.69, 9.17) is 4.98 Å². The molecule has 0 unspecified atom stereocenters. The molecule has 7 rings (SSSR count). The highest BCUT2D eigenvalue weighted by molar-refractivity contribution is 6.23. The van der Waals surface area contributed by atoms with Gasteiger partial charge in [-0.25, -0.2) is 0 Å². The third-order valence-electron chi connectivity index (χ3n) is 7.19. The first-order chi connectivity index (χ1) is 18.8. The lowest BCUT2D eigenvalue weighted by Crippen LogP contribution is -1.93. The SMILES string of the molecule is N#Cc1ccnc(-c2ccc(-c3c4ccccc4c(-c4cccc5ccccc45)c4ccccc34)cn2)c1. The van der Waals surface area contributed by atoms with Gasteiger partial charge >= 0.3 is 0 Å². The molecule has 7 aromatic rings. The first-order valence-electron chi connectivity index (χ1n) is 12.6. The fourth-order valence-electron chi connectivity index (χ4n) is 5.51. The van der Waals surface area contributed by atoms with Crippen LogP contribution in [0, 0.1) is 11.3 Å². The van der Waals surface area contributed by atoms with Crippen LogP contribution < -0.4 is 0 Å². The third-order valence-corrected chi connectivity index (χ3v) is 7.19. The van der Waals surface area contributed by atoms with E-state index in [1.807, 2.05) is 12.3 Å². The van der Waals surface area contributed by atoms with E-state index in [9.17, 15) is 5.26 Å². The minimum absolute atomic E-state index is 0.571. The molecule has 0 amide bonds. The highest BCUT2D eigenvalue weighted by atomic mass is 14.8. The molecule has 176 valence electrons. The van der Waals surface area contributed by atoms with Crippen molar-refractivity contribution < 1.29 is 0 Å². The lowest BCUT2D eigenvalue weighted by Gasteiger charge is -2.18. The third kappa shape index (κ3) is 3.51. The van der Waals surface area contributed by atoms with Crippen molar-refractivity contribution in [3.05, 3.63) is 133 Å². The van der Waals surface area contributed by atoms with Crippen LogP contribution in [-0.4, -0.2) is 9.97 Å². The zero-order valence-electron chi connectivity index (χ0n) is 20.5. The lowest BCUT2D eigenvalue weighted by molar-refractivity contribution is 1.24. The molecule has 5 aromatic carbocycles. The summed E-state index contributed by atoms with van der Waals surface area (Å²) in [5.74, 6) is 0. The van der Waals surface area contributed by atoms with E-state index in [1.165, 1.54) is 43.4 Å². The van der Waals surface area contributed by atoms with Crippen LogP contribution in [0.2, 0.25) is 0 Å². The average Bonchev–Trinajstić information content (AvgIpc) is 3.00. The van der Waals surface area contributed by atoms with Crippen LogP contribution in [0.4, 0.5) is 0 Å². The molecule has 0 saturated heterocycles. The van der Waals surface area contributed by atoms with Crippen LogP contribution in [0.15, 0.2) is 128 Å². The first-order valence-corrected chi connectivity index (χ1v) is 12.6. The van der Waals surface area contributed by atoms with Gasteiger partial charge in [0.1, 0.15) is 0 Å². The number of pyridine rings is 2. The van der Waals surface area contributed by atoms with E-state index in [1.54, 1.807) is 18.3 Å². The van der Waals surface area contributed by atoms with Crippen molar-refractivity contribution in [2.24, 2.45) is 0 Å². The summed E-state index contributed by atoms with van der Waals surface area (Å²) in [7, 11) is 0. The van der Waals surface area contributed by atoms with E-state index in [0.29, 0.717) is 11.3 Å². The van der Waals surface area contributed by atoms with Crippen LogP contribution in [0.3, 0.4) is 0 Å². The van der Waals surface area contributed by atoms with E-state index in [2.05, 4.69) is 108 Å². The van der Waals surface area contributed by atoms with Crippen LogP contribution in [0.1, 0.15) is 5.56 Å². The zero-order chi connectivity index (χ0) is 25.5. The van der Waals surface area contributed by atoms with Gasteiger partial charge in [-0.1, -0.05) is 97.1 Å². The molecule has 0 saturated carbocycles. The molecule has 0 N–H and O–H groups in total. The molecule has 0 bridgehead atoms. The van der Waals surface area contributed by atoms with Crippen LogP contribution >= 0.6 is 0 Å². The molecule has 0 fully saturated rings. The smallest absolute Gasteiger partial charge is 0.0992 e. The van der Waals surface area contributed by atoms with Gasteiger partial charge in [-0.3, -0.25) is 9.97 Å². The van der Waals surface area contributed by atoms with E-state index in [-0.39, 0.29) is 0 Å². The van der Waals surface area contributed by atoms with Crippen molar-refractivity contribution >= 4 is 32.3 Å². The minimum atomic E-state index is 0.571. The second-order valence-electron chi connectivity index (χ2n) is 9.34. The molecular weight excluding hydrogens is 462 g/mol. The van der Waals surface area contributed by atoms with Crippen LogP contribution in [0.5, 0.6) is 0 Å². The molecule has 0 aliphatic rings. The molecule has 2 aromatic heterocycles. The molecule has 0 aliphatic carbocycles. The normalized spacial score (nSPS) is 11.1. The van der Waals surface area contributed by atoms with E-state index >= 15 is 0 Å². The predicted octanol–water partition coefficient (Wildman–Crippen LogP) is 8.81. The Kier molecular flexibility index (Phi) is 5.17. The Morgan fingerprint density at radius 1 is 0.526 bits per heavy atom. The summed E-state index contributed by atoms with van der Waals surface area (Å²) in [6, 6.07) is 42.2. The summed E-state index contributed by atoms with van der Waals surface area (Å²) in [5.41, 5.74) is 6.70. The highest BCUT2D eigenvalue weighted by Gasteiger charge is 2.18. The topological polar surface area (TPSA) is 49.6 Å². The summed E-state index contributed by atoms with van der Waals surface area (Å²) in [4.78, 5) is 9.18. The van der Waals surface area contributed by atoms with Crippen LogP contribution in [-0.2, 0) is 0 Å². The average molecular weight is 484 g/mol. The van der Waals surface area contributed by atoms with Gasteiger partial charge in [0, 0.05) is 18.0 Å². The van der Waals surface area contributed by atoms with E-state index < -0.39 is 0 Å². The number of hydrogen-bond donors (Lipinski definition) is 0. The van der Waals surface area contributed by atoms with Crippen molar-refractivity contribution in [1.29, 1.82) is 5.26 Å². The Hall–Kier alpha value is -5.33. The molecule has 38 heavy (non-hydrogen) atoms. The molecule has 3 nitrogen and oxygen atoms in total. The highest BCUT2D eigenvalue weighted by Crippen LogP contribution is 2.45. The molecule has 0 radical (unpaired) electrons. The summed E-state index contributed by atoms with van der Waals surface area (Å²) < 4.78 is 0. The van der Waals surface area contributed by atoms with Crippen molar-refractivity contribution in [1.82, 2.24) is 9.97 Å². The second-order valence-corrected chi connectivity index (χ2v) is 9.34. The zero-order valence-corrected chi connectivity index (χ0v) is 20.5. The van der Waals surface area contributed by atoms with E-state index in [0.717, 1.165) is 16.8 Å². The van der Waals surface area contributed by atoms with Gasteiger partial charge in [-0.15, -0.1) is 0 Å². The van der Waals surface area contributed by atoms with Crippen LogP contribution in [0.25, 0.3) is 66.0 Å². The Morgan fingerprint density at radius 2 is 1.16 bits per heavy atom. The summed E-state index contributed by atoms with van der Waals surface area (Å²) in [6.45, 7) is 0. The van der Waals surface area contributed by atoms with Gasteiger partial charge in [0.15, 0.2) is 0 Å². The molecule has 3 heteroatoms. The number of rotatable bonds is 3. The minimum Gasteiger partial charge on any atom is -0.255 e. The number of nitriles is 1. The second kappa shape index (κ2) is 8.96. The maximum atomic E-state index is 9.27. The van der Waals surface area contributed by atoms with Gasteiger partial charge < -0.3 is 0 Å². The van der Waals surface area contributed by atoms with Gasteiger partial charge in [0.05, 0.1) is 23.0 Å². The Bertz CT molecular complexity index is 1970. The molecule has 2 heterocycles. The fraction of sp³-hybridized carbons (Fsp3) is 0. The van der Waals surface area contributed by atoms with Crippen molar-refractivity contribution in [2.45, 2.75) is 0 Å². The van der Waals surface area contributed by atoms with Crippen molar-refractivity contribution in [3.8, 4) is 39.7 Å². The largest absolute Gasteiger partial charge is 0.255 e. The Morgan fingerprint density at radius 3 is 1.82 bits per heavy atom. The maximum absolute atomic E-state index is 9.27. The monoisotopic (exact) mass is 483 g/mol. The summed E-state index contributed by atoms with van der Waals surface area (Å²) in [5, 5.41) is 16.5. The number of aromatic nitrogens is 2. The number of nitrogens with zero attached hydrogens (tertiary/aromatic N) is 3. The standard InChI is InChI=1S/C35H21N3/c36-21-23-18-19-37-33(20-23)32-17-16-25(22-38-32)34-28-11-3-5-13-30(28)35(31-14-6-4-12-29(31)34)27-15-7-9-24-8-1-2-10-26(24)27/h1-20,22H. The van der Waals surface area contributed by atoms with Gasteiger partial charge in [0.2, 0.25) is 0 Å². The van der Waals surface area contributed by atoms with Gasteiger partial charge in [-0.2, -0.15) is 5.26 Å². The quantitative estimate of drug-likeness (QED) is 0.236. The molecular formula is C35H21N3. The predicted molar refractivity (Wildman–Crippen MR) is 156 cm³/mol. The fourth-order valence-corrected chi connectivity index (χ4v) is 5.51. The first kappa shape index (κ1) is 21.9. The van der Waals surface area contributed by atoms with Crippen molar-refractivity contribution in [3.63, 3.8) is 0 Å². The molecule has 0 aliphatic heterocycles. The number of hydrogen-bond acceptors (Lipinski definition) is 3.